The first kappa shape index (κ1) is 20.8. The van der Waals surface area contributed by atoms with Gasteiger partial charge < -0.3 is 10.1 Å². The Hall–Kier alpha value is -2.54. The van der Waals surface area contributed by atoms with Crippen LogP contribution in [0.5, 0.6) is 0 Å². The Bertz CT molecular complexity index is 810. The molecule has 0 aromatic heterocycles. The van der Waals surface area contributed by atoms with E-state index in [0.29, 0.717) is 0 Å². The Labute approximate surface area is 159 Å². The number of anilines is 1. The number of ether oxygens (including phenoxy) is 1. The highest BCUT2D eigenvalue weighted by Gasteiger charge is 2.31. The Morgan fingerprint density at radius 2 is 1.81 bits per heavy atom. The van der Waals surface area contributed by atoms with E-state index >= 15 is 0 Å². The lowest BCUT2D eigenvalue weighted by atomic mass is 9.98. The smallest absolute Gasteiger partial charge is 0.416 e. The molecule has 0 radical (unpaired) electrons. The molecule has 8 heteroatoms. The molecule has 0 fully saturated rings. The maximum absolute atomic E-state index is 12.7. The van der Waals surface area contributed by atoms with Crippen LogP contribution in [0.15, 0.2) is 48.5 Å². The van der Waals surface area contributed by atoms with Crippen molar-refractivity contribution in [2.45, 2.75) is 25.4 Å². The molecule has 4 nitrogen and oxygen atoms in total. The van der Waals surface area contributed by atoms with Gasteiger partial charge in [0.15, 0.2) is 6.61 Å². The molecule has 1 N–H and O–H groups in total. The molecule has 1 atom stereocenters. The van der Waals surface area contributed by atoms with Crippen molar-refractivity contribution in [3.05, 3.63) is 64.7 Å². The van der Waals surface area contributed by atoms with Crippen LogP contribution in [0, 0.1) is 0 Å². The molecule has 27 heavy (non-hydrogen) atoms. The van der Waals surface area contributed by atoms with Crippen molar-refractivity contribution in [1.82, 2.24) is 0 Å². The van der Waals surface area contributed by atoms with E-state index in [-0.39, 0.29) is 23.0 Å². The molecule has 2 aromatic carbocycles. The zero-order chi connectivity index (χ0) is 20.0. The van der Waals surface area contributed by atoms with Gasteiger partial charge in [-0.15, -0.1) is 0 Å². The second-order valence-electron chi connectivity index (χ2n) is 5.92. The van der Waals surface area contributed by atoms with E-state index in [1.165, 1.54) is 0 Å². The molecule has 0 heterocycles. The number of benzene rings is 2. The van der Waals surface area contributed by atoms with Crippen LogP contribution in [-0.2, 0) is 20.5 Å². The summed E-state index contributed by atoms with van der Waals surface area (Å²) in [4.78, 5) is 23.7. The maximum atomic E-state index is 12.7. The number of nitrogens with one attached hydrogen (secondary N) is 1. The number of rotatable bonds is 6. The van der Waals surface area contributed by atoms with Gasteiger partial charge in [0.2, 0.25) is 0 Å². The van der Waals surface area contributed by atoms with E-state index in [2.05, 4.69) is 5.32 Å². The molecule has 0 saturated carbocycles. The number of hydrogen-bond acceptors (Lipinski definition) is 3. The minimum atomic E-state index is -4.57. The van der Waals surface area contributed by atoms with E-state index in [0.717, 1.165) is 23.8 Å². The summed E-state index contributed by atoms with van der Waals surface area (Å²) in [5, 5.41) is 2.16. The molecule has 0 bridgehead atoms. The summed E-state index contributed by atoms with van der Waals surface area (Å²) in [6.07, 6.45) is -4.49. The van der Waals surface area contributed by atoms with Gasteiger partial charge in [-0.05, 0) is 29.7 Å². The lowest BCUT2D eigenvalue weighted by molar-refractivity contribution is -0.147. The van der Waals surface area contributed by atoms with Gasteiger partial charge in [-0.2, -0.15) is 13.2 Å². The second-order valence-corrected chi connectivity index (χ2v) is 6.32. The van der Waals surface area contributed by atoms with Crippen molar-refractivity contribution in [3.8, 4) is 0 Å². The Balaban J connectivity index is 1.88. The summed E-state index contributed by atoms with van der Waals surface area (Å²) in [5.41, 5.74) is -0.198. The number of esters is 1. The van der Waals surface area contributed by atoms with Gasteiger partial charge in [-0.25, -0.2) is 0 Å². The van der Waals surface area contributed by atoms with Crippen LogP contribution in [0.25, 0.3) is 0 Å². The molecule has 0 spiro atoms. The lowest BCUT2D eigenvalue weighted by Gasteiger charge is -2.13. The van der Waals surface area contributed by atoms with Crippen molar-refractivity contribution >= 4 is 29.2 Å². The topological polar surface area (TPSA) is 55.4 Å². The summed E-state index contributed by atoms with van der Waals surface area (Å²) >= 11 is 5.80. The van der Waals surface area contributed by atoms with Crippen LogP contribution in [-0.4, -0.2) is 18.5 Å². The van der Waals surface area contributed by atoms with Gasteiger partial charge in [0.05, 0.1) is 22.7 Å². The maximum Gasteiger partial charge on any atom is 0.416 e. The van der Waals surface area contributed by atoms with Crippen LogP contribution in [0.1, 0.15) is 30.4 Å². The van der Waals surface area contributed by atoms with Gasteiger partial charge in [0, 0.05) is 0 Å². The van der Waals surface area contributed by atoms with Gasteiger partial charge in [-0.1, -0.05) is 48.9 Å². The highest BCUT2D eigenvalue weighted by atomic mass is 35.5. The van der Waals surface area contributed by atoms with E-state index < -0.39 is 30.2 Å². The first-order valence-corrected chi connectivity index (χ1v) is 8.42. The molecule has 2 aromatic rings. The van der Waals surface area contributed by atoms with Crippen molar-refractivity contribution in [2.75, 3.05) is 11.9 Å². The molecule has 1 amide bonds. The van der Waals surface area contributed by atoms with Crippen LogP contribution in [0.4, 0.5) is 18.9 Å². The zero-order valence-electron chi connectivity index (χ0n) is 14.3. The Morgan fingerprint density at radius 3 is 2.44 bits per heavy atom. The second kappa shape index (κ2) is 8.90. The highest BCUT2D eigenvalue weighted by Crippen LogP contribution is 2.33. The molecule has 0 aliphatic carbocycles. The van der Waals surface area contributed by atoms with Crippen molar-refractivity contribution in [1.29, 1.82) is 0 Å². The molecule has 144 valence electrons. The number of carbonyl (C=O) groups excluding carboxylic acids is 2. The minimum Gasteiger partial charge on any atom is -0.456 e. The predicted octanol–water partition coefficient (Wildman–Crippen LogP) is 5.03. The van der Waals surface area contributed by atoms with Crippen LogP contribution >= 0.6 is 11.6 Å². The number of amides is 1. The third-order valence-electron chi connectivity index (χ3n) is 3.77. The highest BCUT2D eigenvalue weighted by molar-refractivity contribution is 6.33. The first-order chi connectivity index (χ1) is 12.7. The number of alkyl halides is 3. The van der Waals surface area contributed by atoms with Crippen LogP contribution < -0.4 is 5.32 Å². The van der Waals surface area contributed by atoms with Gasteiger partial charge in [0.1, 0.15) is 0 Å². The van der Waals surface area contributed by atoms with Gasteiger partial charge in [-0.3, -0.25) is 9.59 Å². The number of carbonyl (C=O) groups is 2. The largest absolute Gasteiger partial charge is 0.456 e. The van der Waals surface area contributed by atoms with Gasteiger partial charge >= 0.3 is 12.1 Å². The molecule has 0 saturated heterocycles. The fourth-order valence-electron chi connectivity index (χ4n) is 2.34. The average Bonchev–Trinajstić information content (AvgIpc) is 2.61. The third-order valence-corrected chi connectivity index (χ3v) is 4.10. The molecule has 0 aliphatic heterocycles. The molecular weight excluding hydrogens is 383 g/mol. The average molecular weight is 400 g/mol. The van der Waals surface area contributed by atoms with Crippen molar-refractivity contribution in [3.63, 3.8) is 0 Å². The normalized spacial score (nSPS) is 12.3. The molecular formula is C19H17ClF3NO3. The minimum absolute atomic E-state index is 0.0552. The van der Waals surface area contributed by atoms with Crippen LogP contribution in [0.2, 0.25) is 5.02 Å². The summed E-state index contributed by atoms with van der Waals surface area (Å²) in [7, 11) is 0. The third kappa shape index (κ3) is 6.29. The lowest BCUT2D eigenvalue weighted by Crippen LogP contribution is -2.22. The van der Waals surface area contributed by atoms with Gasteiger partial charge in [0.25, 0.3) is 5.91 Å². The zero-order valence-corrected chi connectivity index (χ0v) is 15.1. The predicted molar refractivity (Wildman–Crippen MR) is 95.5 cm³/mol. The number of halogens is 4. The summed E-state index contributed by atoms with van der Waals surface area (Å²) in [6.45, 7) is 1.23. The fourth-order valence-corrected chi connectivity index (χ4v) is 2.50. The summed E-state index contributed by atoms with van der Waals surface area (Å²) in [5.74, 6) is -1.46. The van der Waals surface area contributed by atoms with Crippen molar-refractivity contribution < 1.29 is 27.5 Å². The summed E-state index contributed by atoms with van der Waals surface area (Å²) < 4.78 is 43.1. The number of hydrogen-bond donors (Lipinski definition) is 1. The SMILES string of the molecule is C[C@H](CC(=O)OCC(=O)Nc1cc(C(F)(F)F)ccc1Cl)c1ccccc1. The quantitative estimate of drug-likeness (QED) is 0.693. The van der Waals surface area contributed by atoms with Crippen molar-refractivity contribution in [2.24, 2.45) is 0 Å². The van der Waals surface area contributed by atoms with E-state index in [4.69, 9.17) is 16.3 Å². The fraction of sp³-hybridized carbons (Fsp3) is 0.263. The molecule has 0 aliphatic rings. The monoisotopic (exact) mass is 399 g/mol. The first-order valence-electron chi connectivity index (χ1n) is 8.04. The molecule has 2 rings (SSSR count). The van der Waals surface area contributed by atoms with E-state index in [9.17, 15) is 22.8 Å². The van der Waals surface area contributed by atoms with E-state index in [1.54, 1.807) is 0 Å². The summed E-state index contributed by atoms with van der Waals surface area (Å²) in [6, 6.07) is 11.9. The van der Waals surface area contributed by atoms with Crippen LogP contribution in [0.3, 0.4) is 0 Å². The Kier molecular flexibility index (Phi) is 6.85. The molecule has 0 unspecified atom stereocenters. The van der Waals surface area contributed by atoms with E-state index in [1.807, 2.05) is 37.3 Å². The standard InChI is InChI=1S/C19H17ClF3NO3/c1-12(13-5-3-2-4-6-13)9-18(26)27-11-17(25)24-16-10-14(19(21,22)23)7-8-15(16)20/h2-8,10,12H,9,11H2,1H3,(H,24,25)/t12-/m1/s1. The Morgan fingerprint density at radius 1 is 1.15 bits per heavy atom.